The van der Waals surface area contributed by atoms with Crippen molar-refractivity contribution in [2.75, 3.05) is 31.5 Å². The van der Waals surface area contributed by atoms with Gasteiger partial charge in [0.1, 0.15) is 0 Å². The van der Waals surface area contributed by atoms with E-state index in [1.165, 1.54) is 10.5 Å². The van der Waals surface area contributed by atoms with Crippen LogP contribution in [0.4, 0.5) is 10.5 Å². The van der Waals surface area contributed by atoms with Crippen LogP contribution in [0, 0.1) is 5.41 Å². The van der Waals surface area contributed by atoms with Crippen LogP contribution in [-0.4, -0.2) is 59.1 Å². The molecule has 3 heterocycles. The highest BCUT2D eigenvalue weighted by atomic mass is 16.4. The molecule has 0 unspecified atom stereocenters. The number of hydrogen-bond acceptors (Lipinski definition) is 3. The fourth-order valence-electron chi connectivity index (χ4n) is 5.77. The molecule has 2 spiro atoms. The van der Waals surface area contributed by atoms with Crippen molar-refractivity contribution in [3.8, 4) is 0 Å². The normalized spacial score (nSPS) is 32.5. The third-order valence-corrected chi connectivity index (χ3v) is 7.24. The maximum atomic E-state index is 12.7. The van der Waals surface area contributed by atoms with E-state index in [-0.39, 0.29) is 16.7 Å². The molecule has 0 bridgehead atoms. The van der Waals surface area contributed by atoms with Crippen LogP contribution in [0.1, 0.15) is 37.7 Å². The summed E-state index contributed by atoms with van der Waals surface area (Å²) in [6, 6.07) is 8.64. The van der Waals surface area contributed by atoms with Crippen LogP contribution >= 0.6 is 0 Å². The zero-order valence-electron chi connectivity index (χ0n) is 14.9. The monoisotopic (exact) mass is 355 g/mol. The van der Waals surface area contributed by atoms with Crippen molar-refractivity contribution in [2.24, 2.45) is 5.41 Å². The summed E-state index contributed by atoms with van der Waals surface area (Å²) < 4.78 is 0. The molecule has 1 aliphatic carbocycles. The molecule has 1 aromatic carbocycles. The van der Waals surface area contributed by atoms with Gasteiger partial charge in [-0.05, 0) is 50.3 Å². The van der Waals surface area contributed by atoms with E-state index >= 15 is 0 Å². The van der Waals surface area contributed by atoms with Crippen LogP contribution in [-0.2, 0) is 10.2 Å². The van der Waals surface area contributed by atoms with Crippen molar-refractivity contribution < 1.29 is 14.7 Å². The first kappa shape index (κ1) is 16.1. The highest BCUT2D eigenvalue weighted by Gasteiger charge is 2.53. The molecule has 5 rings (SSSR count). The Bertz CT molecular complexity index is 763. The average Bonchev–Trinajstić information content (AvgIpc) is 3.16. The topological polar surface area (TPSA) is 72.9 Å². The van der Waals surface area contributed by atoms with Gasteiger partial charge in [0.15, 0.2) is 0 Å². The summed E-state index contributed by atoms with van der Waals surface area (Å²) in [6.45, 7) is 3.45. The van der Waals surface area contributed by atoms with Crippen molar-refractivity contribution >= 4 is 17.7 Å². The van der Waals surface area contributed by atoms with Gasteiger partial charge in [0.2, 0.25) is 5.91 Å². The van der Waals surface area contributed by atoms with Gasteiger partial charge in [-0.25, -0.2) is 4.79 Å². The van der Waals surface area contributed by atoms with Crippen molar-refractivity contribution in [3.05, 3.63) is 29.8 Å². The van der Waals surface area contributed by atoms with Gasteiger partial charge in [-0.15, -0.1) is 0 Å². The van der Waals surface area contributed by atoms with Crippen LogP contribution in [0.3, 0.4) is 0 Å². The number of hydrogen-bond donors (Lipinski definition) is 2. The van der Waals surface area contributed by atoms with Gasteiger partial charge < -0.3 is 15.3 Å². The molecular weight excluding hydrogens is 330 g/mol. The van der Waals surface area contributed by atoms with Crippen LogP contribution in [0.2, 0.25) is 0 Å². The van der Waals surface area contributed by atoms with E-state index in [0.29, 0.717) is 19.1 Å². The van der Waals surface area contributed by atoms with Crippen LogP contribution in [0.25, 0.3) is 0 Å². The van der Waals surface area contributed by atoms with Gasteiger partial charge in [0, 0.05) is 36.8 Å². The highest BCUT2D eigenvalue weighted by molar-refractivity contribution is 6.06. The zero-order chi connectivity index (χ0) is 17.9. The number of para-hydroxylation sites is 1. The Morgan fingerprint density at radius 2 is 1.85 bits per heavy atom. The molecule has 1 saturated carbocycles. The molecule has 26 heavy (non-hydrogen) atoms. The molecule has 1 aromatic rings. The molecule has 2 N–H and O–H groups in total. The SMILES string of the molecule is O=C(O)N1CC2(CCN(C3CCC4(CC3)C(=O)Nc3ccccc34)C2)C1. The fraction of sp³-hybridized carbons (Fsp3) is 0.600. The van der Waals surface area contributed by atoms with E-state index in [0.717, 1.165) is 50.9 Å². The molecule has 138 valence electrons. The summed E-state index contributed by atoms with van der Waals surface area (Å²) in [6.07, 6.45) is 4.21. The second-order valence-corrected chi connectivity index (χ2v) is 8.67. The summed E-state index contributed by atoms with van der Waals surface area (Å²) in [5.74, 6) is 0.172. The molecule has 0 atom stereocenters. The molecular formula is C20H25N3O3. The minimum absolute atomic E-state index is 0.172. The first-order chi connectivity index (χ1) is 12.5. The second-order valence-electron chi connectivity index (χ2n) is 8.67. The van der Waals surface area contributed by atoms with Crippen molar-refractivity contribution in [2.45, 2.75) is 43.6 Å². The molecule has 4 aliphatic rings. The standard InChI is InChI=1S/C20H25N3O3/c24-17-20(15-3-1-2-4-16(15)21-17)7-5-14(6-8-20)22-10-9-19(11-22)12-23(13-19)18(25)26/h1-4,14H,5-13H2,(H,21,24)(H,25,26). The molecule has 3 aliphatic heterocycles. The van der Waals surface area contributed by atoms with Gasteiger partial charge in [-0.1, -0.05) is 18.2 Å². The van der Waals surface area contributed by atoms with Gasteiger partial charge in [-0.2, -0.15) is 0 Å². The molecule has 2 saturated heterocycles. The lowest BCUT2D eigenvalue weighted by molar-refractivity contribution is -0.122. The molecule has 6 heteroatoms. The number of carboxylic acid groups (broad SMARTS) is 1. The predicted octanol–water partition coefficient (Wildman–Crippen LogP) is 2.50. The Morgan fingerprint density at radius 3 is 2.58 bits per heavy atom. The van der Waals surface area contributed by atoms with Crippen molar-refractivity contribution in [1.29, 1.82) is 0 Å². The predicted molar refractivity (Wildman–Crippen MR) is 97.2 cm³/mol. The number of benzene rings is 1. The Labute approximate surface area is 153 Å². The summed E-state index contributed by atoms with van der Waals surface area (Å²) in [5.41, 5.74) is 2.02. The molecule has 6 nitrogen and oxygen atoms in total. The van der Waals surface area contributed by atoms with Gasteiger partial charge >= 0.3 is 6.09 Å². The molecule has 3 fully saturated rings. The van der Waals surface area contributed by atoms with E-state index in [2.05, 4.69) is 16.3 Å². The lowest BCUT2D eigenvalue weighted by Crippen LogP contribution is -2.59. The number of carbonyl (C=O) groups excluding carboxylic acids is 1. The van der Waals surface area contributed by atoms with E-state index in [1.807, 2.05) is 18.2 Å². The third-order valence-electron chi connectivity index (χ3n) is 7.24. The Balaban J connectivity index is 1.25. The number of carbonyl (C=O) groups is 2. The zero-order valence-corrected chi connectivity index (χ0v) is 14.9. The number of rotatable bonds is 1. The summed E-state index contributed by atoms with van der Waals surface area (Å²) in [4.78, 5) is 27.9. The van der Waals surface area contributed by atoms with Gasteiger partial charge in [0.25, 0.3) is 0 Å². The first-order valence-corrected chi connectivity index (χ1v) is 9.64. The quantitative estimate of drug-likeness (QED) is 0.812. The lowest BCUT2D eigenvalue weighted by Gasteiger charge is -2.47. The maximum absolute atomic E-state index is 12.7. The number of nitrogens with zero attached hydrogens (tertiary/aromatic N) is 2. The third kappa shape index (κ3) is 2.21. The molecule has 0 radical (unpaired) electrons. The number of fused-ring (bicyclic) bond motifs is 2. The second kappa shape index (κ2) is 5.46. The maximum Gasteiger partial charge on any atom is 0.407 e. The highest BCUT2D eigenvalue weighted by Crippen LogP contribution is 2.49. The Hall–Kier alpha value is -2.08. The largest absolute Gasteiger partial charge is 0.465 e. The first-order valence-electron chi connectivity index (χ1n) is 9.64. The van der Waals surface area contributed by atoms with Crippen LogP contribution < -0.4 is 5.32 Å². The van der Waals surface area contributed by atoms with Crippen LogP contribution in [0.5, 0.6) is 0 Å². The van der Waals surface area contributed by atoms with E-state index in [9.17, 15) is 9.59 Å². The fourth-order valence-corrected chi connectivity index (χ4v) is 5.77. The number of anilines is 1. The van der Waals surface area contributed by atoms with E-state index in [1.54, 1.807) is 0 Å². The summed E-state index contributed by atoms with van der Waals surface area (Å²) in [5, 5.41) is 12.2. The molecule has 2 amide bonds. The lowest BCUT2D eigenvalue weighted by atomic mass is 9.68. The van der Waals surface area contributed by atoms with Crippen molar-refractivity contribution in [1.82, 2.24) is 9.80 Å². The summed E-state index contributed by atoms with van der Waals surface area (Å²) in [7, 11) is 0. The van der Waals surface area contributed by atoms with Crippen LogP contribution in [0.15, 0.2) is 24.3 Å². The minimum atomic E-state index is -0.792. The Kier molecular flexibility index (Phi) is 3.38. The number of amides is 2. The molecule has 0 aromatic heterocycles. The summed E-state index contributed by atoms with van der Waals surface area (Å²) >= 11 is 0. The van der Waals surface area contributed by atoms with E-state index in [4.69, 9.17) is 5.11 Å². The smallest absolute Gasteiger partial charge is 0.407 e. The van der Waals surface area contributed by atoms with Crippen molar-refractivity contribution in [3.63, 3.8) is 0 Å². The Morgan fingerprint density at radius 1 is 1.12 bits per heavy atom. The minimum Gasteiger partial charge on any atom is -0.465 e. The van der Waals surface area contributed by atoms with E-state index < -0.39 is 6.09 Å². The van der Waals surface area contributed by atoms with Gasteiger partial charge in [0.05, 0.1) is 5.41 Å². The van der Waals surface area contributed by atoms with Gasteiger partial charge in [-0.3, -0.25) is 9.69 Å². The number of likely N-dealkylation sites (tertiary alicyclic amines) is 2. The average molecular weight is 355 g/mol. The number of nitrogens with one attached hydrogen (secondary N) is 1.